The molecule has 1 spiro atoms. The van der Waals surface area contributed by atoms with Crippen molar-refractivity contribution in [1.29, 1.82) is 0 Å². The van der Waals surface area contributed by atoms with E-state index in [0.717, 1.165) is 58.4 Å². The fraction of sp³-hybridized carbons (Fsp3) is 0.889. The summed E-state index contributed by atoms with van der Waals surface area (Å²) < 4.78 is 11.7. The SMILES string of the molecule is COC1=C2C[C@]3(C)[C@@H](C(=O)CN4CCOCC4)CC[C@H]3[C@@H]3CC[C@H]4C[C@](C)(O)CC[C@@]14C23. The second-order valence-corrected chi connectivity index (χ2v) is 12.5. The maximum Gasteiger partial charge on any atom is 0.150 e. The van der Waals surface area contributed by atoms with Crippen LogP contribution in [0.1, 0.15) is 65.2 Å². The van der Waals surface area contributed by atoms with E-state index in [-0.39, 0.29) is 16.7 Å². The summed E-state index contributed by atoms with van der Waals surface area (Å²) in [5.41, 5.74) is 1.28. The number of fused-ring (bicyclic) bond motifs is 2. The molecule has 0 bridgehead atoms. The number of Topliss-reactive ketones (excluding diaryl/α,β-unsaturated/α-hetero) is 1. The molecule has 5 fully saturated rings. The second-order valence-electron chi connectivity index (χ2n) is 12.5. The molecule has 178 valence electrons. The number of hydrogen-bond donors (Lipinski definition) is 1. The van der Waals surface area contributed by atoms with Gasteiger partial charge in [-0.15, -0.1) is 0 Å². The van der Waals surface area contributed by atoms with Crippen molar-refractivity contribution < 1.29 is 19.4 Å². The topological polar surface area (TPSA) is 59.0 Å². The maximum atomic E-state index is 13.5. The molecular formula is C27H41NO4. The summed E-state index contributed by atoms with van der Waals surface area (Å²) >= 11 is 0. The minimum Gasteiger partial charge on any atom is -0.501 e. The van der Waals surface area contributed by atoms with Gasteiger partial charge in [0, 0.05) is 24.4 Å². The number of aliphatic hydroxyl groups is 1. The van der Waals surface area contributed by atoms with Crippen LogP contribution in [0.5, 0.6) is 0 Å². The summed E-state index contributed by atoms with van der Waals surface area (Å²) in [5, 5.41) is 10.8. The summed E-state index contributed by atoms with van der Waals surface area (Å²) in [6, 6.07) is 0. The molecule has 5 aliphatic carbocycles. The van der Waals surface area contributed by atoms with E-state index in [1.54, 1.807) is 5.57 Å². The Morgan fingerprint density at radius 1 is 1.16 bits per heavy atom. The fourth-order valence-electron chi connectivity index (χ4n) is 9.77. The van der Waals surface area contributed by atoms with Gasteiger partial charge in [-0.05, 0) is 93.0 Å². The number of hydrogen-bond acceptors (Lipinski definition) is 5. The first-order valence-corrected chi connectivity index (χ1v) is 13.1. The molecule has 1 aliphatic heterocycles. The van der Waals surface area contributed by atoms with E-state index < -0.39 is 5.60 Å². The van der Waals surface area contributed by atoms with Gasteiger partial charge in [-0.2, -0.15) is 0 Å². The molecule has 6 aliphatic rings. The number of carbonyl (C=O) groups excluding carboxylic acids is 1. The monoisotopic (exact) mass is 443 g/mol. The van der Waals surface area contributed by atoms with Crippen molar-refractivity contribution in [3.8, 4) is 0 Å². The first kappa shape index (κ1) is 21.6. The number of rotatable bonds is 4. The summed E-state index contributed by atoms with van der Waals surface area (Å²) in [5.74, 6) is 4.46. The molecule has 0 amide bonds. The van der Waals surface area contributed by atoms with E-state index in [4.69, 9.17) is 9.47 Å². The van der Waals surface area contributed by atoms with E-state index in [0.29, 0.717) is 36.0 Å². The molecular weight excluding hydrogens is 402 g/mol. The molecule has 1 heterocycles. The van der Waals surface area contributed by atoms with Crippen LogP contribution in [-0.4, -0.2) is 61.3 Å². The second kappa shape index (κ2) is 7.29. The highest BCUT2D eigenvalue weighted by Crippen LogP contribution is 2.76. The van der Waals surface area contributed by atoms with Crippen LogP contribution < -0.4 is 0 Å². The predicted molar refractivity (Wildman–Crippen MR) is 122 cm³/mol. The molecule has 4 saturated carbocycles. The zero-order valence-corrected chi connectivity index (χ0v) is 20.2. The van der Waals surface area contributed by atoms with Crippen LogP contribution in [0.4, 0.5) is 0 Å². The molecule has 1 saturated heterocycles. The average molecular weight is 444 g/mol. The Morgan fingerprint density at radius 2 is 1.94 bits per heavy atom. The largest absolute Gasteiger partial charge is 0.501 e. The summed E-state index contributed by atoms with van der Waals surface area (Å²) in [6.45, 7) is 8.34. The van der Waals surface area contributed by atoms with Crippen LogP contribution >= 0.6 is 0 Å². The molecule has 8 atom stereocenters. The molecule has 0 radical (unpaired) electrons. The molecule has 5 heteroatoms. The van der Waals surface area contributed by atoms with Gasteiger partial charge in [0.2, 0.25) is 0 Å². The van der Waals surface area contributed by atoms with Crippen LogP contribution in [-0.2, 0) is 14.3 Å². The summed E-state index contributed by atoms with van der Waals surface area (Å²) in [7, 11) is 1.87. The fourth-order valence-corrected chi connectivity index (χ4v) is 9.77. The molecule has 0 aromatic carbocycles. The maximum absolute atomic E-state index is 13.5. The Bertz CT molecular complexity index is 830. The van der Waals surface area contributed by atoms with Gasteiger partial charge >= 0.3 is 0 Å². The lowest BCUT2D eigenvalue weighted by molar-refractivity contribution is -0.164. The number of nitrogens with zero attached hydrogens (tertiary/aromatic N) is 1. The molecule has 6 rings (SSSR count). The van der Waals surface area contributed by atoms with Crippen LogP contribution in [0.2, 0.25) is 0 Å². The Labute approximate surface area is 192 Å². The van der Waals surface area contributed by atoms with Crippen molar-refractivity contribution in [2.45, 2.75) is 70.8 Å². The van der Waals surface area contributed by atoms with E-state index in [2.05, 4.69) is 11.8 Å². The van der Waals surface area contributed by atoms with Crippen LogP contribution in [0.15, 0.2) is 11.3 Å². The number of carbonyl (C=O) groups is 1. The van der Waals surface area contributed by atoms with Gasteiger partial charge in [0.05, 0.1) is 32.5 Å². The van der Waals surface area contributed by atoms with E-state index >= 15 is 0 Å². The standard InChI is InChI=1S/C27H41NO4/c1-25(30)8-9-27-17(14-25)4-5-18-20-6-7-21(22(29)16-28-10-12-32-13-11-28)26(20,2)15-19(23(18)27)24(27)31-3/h17-18,20-21,23,30H,4-16H2,1-3H3/t17-,18-,20-,21+,23?,25+,26-,27+/m0/s1. The van der Waals surface area contributed by atoms with Crippen LogP contribution in [0, 0.1) is 40.4 Å². The van der Waals surface area contributed by atoms with Crippen molar-refractivity contribution >= 4 is 5.78 Å². The molecule has 32 heavy (non-hydrogen) atoms. The molecule has 1 N–H and O–H groups in total. The normalized spacial score (nSPS) is 50.2. The van der Waals surface area contributed by atoms with Crippen molar-refractivity contribution in [1.82, 2.24) is 4.90 Å². The zero-order chi connectivity index (χ0) is 22.3. The Balaban J connectivity index is 1.30. The molecule has 0 aromatic heterocycles. The van der Waals surface area contributed by atoms with Crippen molar-refractivity contribution in [2.24, 2.45) is 40.4 Å². The zero-order valence-electron chi connectivity index (χ0n) is 20.2. The minimum atomic E-state index is -0.523. The van der Waals surface area contributed by atoms with E-state index in [1.165, 1.54) is 25.0 Å². The number of ether oxygens (including phenoxy) is 2. The number of methoxy groups -OCH3 is 1. The minimum absolute atomic E-state index is 0.0816. The predicted octanol–water partition coefficient (Wildman–Crippen LogP) is 3.80. The lowest BCUT2D eigenvalue weighted by atomic mass is 9.36. The highest BCUT2D eigenvalue weighted by Gasteiger charge is 2.71. The first-order valence-electron chi connectivity index (χ1n) is 13.1. The van der Waals surface area contributed by atoms with Gasteiger partial charge in [-0.1, -0.05) is 6.92 Å². The highest BCUT2D eigenvalue weighted by molar-refractivity contribution is 5.84. The third-order valence-corrected chi connectivity index (χ3v) is 11.0. The third-order valence-electron chi connectivity index (χ3n) is 11.0. The lowest BCUT2D eigenvalue weighted by Crippen LogP contribution is -2.64. The van der Waals surface area contributed by atoms with Gasteiger partial charge in [-0.3, -0.25) is 9.69 Å². The smallest absolute Gasteiger partial charge is 0.150 e. The van der Waals surface area contributed by atoms with Gasteiger partial charge in [-0.25, -0.2) is 0 Å². The van der Waals surface area contributed by atoms with Crippen LogP contribution in [0.25, 0.3) is 0 Å². The first-order chi connectivity index (χ1) is 15.3. The van der Waals surface area contributed by atoms with Crippen molar-refractivity contribution in [3.05, 3.63) is 11.3 Å². The summed E-state index contributed by atoms with van der Waals surface area (Å²) in [6.07, 6.45) is 8.66. The van der Waals surface area contributed by atoms with Crippen molar-refractivity contribution in [2.75, 3.05) is 40.0 Å². The molecule has 1 unspecified atom stereocenters. The Hall–Kier alpha value is -0.910. The van der Waals surface area contributed by atoms with Crippen LogP contribution in [0.3, 0.4) is 0 Å². The average Bonchev–Trinajstić information content (AvgIpc) is 3.10. The quantitative estimate of drug-likeness (QED) is 0.716. The van der Waals surface area contributed by atoms with Gasteiger partial charge in [0.15, 0.2) is 0 Å². The number of ketones is 1. The van der Waals surface area contributed by atoms with E-state index in [9.17, 15) is 9.90 Å². The summed E-state index contributed by atoms with van der Waals surface area (Å²) in [4.78, 5) is 15.8. The van der Waals surface area contributed by atoms with Gasteiger partial charge < -0.3 is 14.6 Å². The van der Waals surface area contributed by atoms with E-state index in [1.807, 2.05) is 14.0 Å². The number of allylic oxidation sites excluding steroid dienone is 2. The Morgan fingerprint density at radius 3 is 2.69 bits per heavy atom. The molecule has 5 nitrogen and oxygen atoms in total. The third kappa shape index (κ3) is 2.83. The van der Waals surface area contributed by atoms with Gasteiger partial charge in [0.25, 0.3) is 0 Å². The lowest BCUT2D eigenvalue weighted by Gasteiger charge is -2.69. The highest BCUT2D eigenvalue weighted by atomic mass is 16.5. The number of morpholine rings is 1. The van der Waals surface area contributed by atoms with Gasteiger partial charge in [0.1, 0.15) is 11.5 Å². The molecule has 0 aromatic rings. The Kier molecular flexibility index (Phi) is 4.93. The van der Waals surface area contributed by atoms with Crippen molar-refractivity contribution in [3.63, 3.8) is 0 Å².